The largest absolute Gasteiger partial charge is 0.471 e. The van der Waals surface area contributed by atoms with Crippen LogP contribution < -0.4 is 5.32 Å². The Morgan fingerprint density at radius 1 is 1.26 bits per heavy atom. The number of amides is 2. The molecular formula is C12H11ClF3NO2. The van der Waals surface area contributed by atoms with E-state index in [4.69, 9.17) is 11.6 Å². The number of hydrogen-bond donors (Lipinski definition) is 1. The van der Waals surface area contributed by atoms with Gasteiger partial charge < -0.3 is 0 Å². The number of nitrogens with one attached hydrogen (secondary N) is 1. The molecule has 19 heavy (non-hydrogen) atoms. The number of alkyl halides is 3. The van der Waals surface area contributed by atoms with Crippen LogP contribution in [0, 0.1) is 0 Å². The first-order valence-corrected chi connectivity index (χ1v) is 5.72. The SMILES string of the molecule is CC(C)c1cc(Cl)ccc1C(=O)NC(=O)C(F)(F)F. The third kappa shape index (κ3) is 3.96. The maximum Gasteiger partial charge on any atom is 0.471 e. The van der Waals surface area contributed by atoms with Crippen LogP contribution in [0.15, 0.2) is 18.2 Å². The van der Waals surface area contributed by atoms with Crippen molar-refractivity contribution in [2.24, 2.45) is 0 Å². The van der Waals surface area contributed by atoms with E-state index in [-0.39, 0.29) is 11.5 Å². The van der Waals surface area contributed by atoms with Crippen LogP contribution in [0.4, 0.5) is 13.2 Å². The van der Waals surface area contributed by atoms with Crippen LogP contribution in [0.25, 0.3) is 0 Å². The van der Waals surface area contributed by atoms with Gasteiger partial charge >= 0.3 is 12.1 Å². The molecule has 0 aliphatic rings. The fourth-order valence-electron chi connectivity index (χ4n) is 1.46. The molecule has 0 fully saturated rings. The lowest BCUT2D eigenvalue weighted by molar-refractivity contribution is -0.172. The minimum absolute atomic E-state index is 0.00278. The van der Waals surface area contributed by atoms with Crippen molar-refractivity contribution in [3.8, 4) is 0 Å². The standard InChI is InChI=1S/C12H11ClF3NO2/c1-6(2)9-5-7(13)3-4-8(9)10(18)17-11(19)12(14,15)16/h3-6H,1-2H3,(H,17,18,19). The second kappa shape index (κ2) is 5.61. The zero-order chi connectivity index (χ0) is 14.8. The van der Waals surface area contributed by atoms with E-state index in [1.54, 1.807) is 13.8 Å². The molecule has 1 N–H and O–H groups in total. The van der Waals surface area contributed by atoms with Gasteiger partial charge in [-0.1, -0.05) is 25.4 Å². The van der Waals surface area contributed by atoms with Gasteiger partial charge in [0.2, 0.25) is 0 Å². The van der Waals surface area contributed by atoms with Crippen LogP contribution in [-0.2, 0) is 4.79 Å². The molecule has 104 valence electrons. The Morgan fingerprint density at radius 3 is 2.32 bits per heavy atom. The molecule has 1 aromatic carbocycles. The molecule has 0 saturated carbocycles. The van der Waals surface area contributed by atoms with Gasteiger partial charge in [0.15, 0.2) is 0 Å². The van der Waals surface area contributed by atoms with Crippen LogP contribution in [-0.4, -0.2) is 18.0 Å². The van der Waals surface area contributed by atoms with Crippen LogP contribution in [0.2, 0.25) is 5.02 Å². The number of rotatable bonds is 2. The molecule has 0 radical (unpaired) electrons. The Bertz CT molecular complexity index is 512. The van der Waals surface area contributed by atoms with Gasteiger partial charge in [0.25, 0.3) is 5.91 Å². The van der Waals surface area contributed by atoms with Gasteiger partial charge in [0.05, 0.1) is 0 Å². The molecule has 0 aromatic heterocycles. The van der Waals surface area contributed by atoms with Crippen molar-refractivity contribution in [2.75, 3.05) is 0 Å². The molecule has 0 unspecified atom stereocenters. The maximum atomic E-state index is 12.1. The van der Waals surface area contributed by atoms with Crippen molar-refractivity contribution in [1.29, 1.82) is 0 Å². The van der Waals surface area contributed by atoms with Crippen LogP contribution in [0.1, 0.15) is 35.7 Å². The highest BCUT2D eigenvalue weighted by molar-refractivity contribution is 6.30. The Hall–Kier alpha value is -1.56. The van der Waals surface area contributed by atoms with Gasteiger partial charge in [-0.15, -0.1) is 0 Å². The number of carbonyl (C=O) groups excluding carboxylic acids is 2. The first kappa shape index (κ1) is 15.5. The second-order valence-electron chi connectivity index (χ2n) is 4.17. The Balaban J connectivity index is 3.04. The number of imide groups is 1. The van der Waals surface area contributed by atoms with E-state index in [1.165, 1.54) is 23.5 Å². The summed E-state index contributed by atoms with van der Waals surface area (Å²) in [5, 5.41) is 1.67. The van der Waals surface area contributed by atoms with E-state index >= 15 is 0 Å². The average molecular weight is 294 g/mol. The number of hydrogen-bond acceptors (Lipinski definition) is 2. The molecule has 0 spiro atoms. The monoisotopic (exact) mass is 293 g/mol. The van der Waals surface area contributed by atoms with E-state index in [9.17, 15) is 22.8 Å². The molecule has 1 aromatic rings. The van der Waals surface area contributed by atoms with E-state index in [1.807, 2.05) is 0 Å². The predicted molar refractivity (Wildman–Crippen MR) is 64.1 cm³/mol. The first-order valence-electron chi connectivity index (χ1n) is 5.35. The molecule has 0 aliphatic carbocycles. The highest BCUT2D eigenvalue weighted by Gasteiger charge is 2.40. The molecule has 1 rings (SSSR count). The molecule has 0 atom stereocenters. The summed E-state index contributed by atoms with van der Waals surface area (Å²) < 4.78 is 36.2. The first-order chi connectivity index (χ1) is 8.62. The van der Waals surface area contributed by atoms with Crippen molar-refractivity contribution in [1.82, 2.24) is 5.32 Å². The fourth-order valence-corrected chi connectivity index (χ4v) is 1.64. The summed E-state index contributed by atoms with van der Waals surface area (Å²) in [5.74, 6) is -3.51. The molecule has 2 amide bonds. The lowest BCUT2D eigenvalue weighted by Crippen LogP contribution is -2.40. The summed E-state index contributed by atoms with van der Waals surface area (Å²) in [6.45, 7) is 3.52. The van der Waals surface area contributed by atoms with Crippen LogP contribution >= 0.6 is 11.6 Å². The summed E-state index contributed by atoms with van der Waals surface area (Å²) in [5.41, 5.74) is 0.469. The Labute approximate surface area is 112 Å². The maximum absolute atomic E-state index is 12.1. The molecule has 0 heterocycles. The smallest absolute Gasteiger partial charge is 0.284 e. The molecular weight excluding hydrogens is 283 g/mol. The summed E-state index contributed by atoms with van der Waals surface area (Å²) in [6.07, 6.45) is -5.10. The van der Waals surface area contributed by atoms with Crippen molar-refractivity contribution >= 4 is 23.4 Å². The minimum Gasteiger partial charge on any atom is -0.284 e. The molecule has 0 saturated heterocycles. The second-order valence-corrected chi connectivity index (χ2v) is 4.60. The quantitative estimate of drug-likeness (QED) is 0.909. The fraction of sp³-hybridized carbons (Fsp3) is 0.333. The van der Waals surface area contributed by atoms with Gasteiger partial charge in [-0.2, -0.15) is 13.2 Å². The highest BCUT2D eigenvalue weighted by atomic mass is 35.5. The van der Waals surface area contributed by atoms with Crippen LogP contribution in [0.5, 0.6) is 0 Å². The molecule has 3 nitrogen and oxygen atoms in total. The number of benzene rings is 1. The predicted octanol–water partition coefficient (Wildman–Crippen LogP) is 3.28. The van der Waals surface area contributed by atoms with Gasteiger partial charge in [0.1, 0.15) is 0 Å². The van der Waals surface area contributed by atoms with Crippen molar-refractivity contribution in [3.63, 3.8) is 0 Å². The third-order valence-corrected chi connectivity index (χ3v) is 2.60. The van der Waals surface area contributed by atoms with Gasteiger partial charge in [-0.05, 0) is 29.7 Å². The third-order valence-electron chi connectivity index (χ3n) is 2.36. The Morgan fingerprint density at radius 2 is 1.84 bits per heavy atom. The van der Waals surface area contributed by atoms with E-state index in [2.05, 4.69) is 0 Å². The zero-order valence-electron chi connectivity index (χ0n) is 10.1. The van der Waals surface area contributed by atoms with Gasteiger partial charge in [-0.3, -0.25) is 14.9 Å². The summed E-state index contributed by atoms with van der Waals surface area (Å²) in [6, 6.07) is 4.15. The van der Waals surface area contributed by atoms with Crippen LogP contribution in [0.3, 0.4) is 0 Å². The summed E-state index contributed by atoms with van der Waals surface area (Å²) >= 11 is 5.77. The minimum atomic E-state index is -5.10. The van der Waals surface area contributed by atoms with E-state index in [0.717, 1.165) is 0 Å². The lowest BCUT2D eigenvalue weighted by Gasteiger charge is -2.13. The Kier molecular flexibility index (Phi) is 4.57. The van der Waals surface area contributed by atoms with Crippen molar-refractivity contribution < 1.29 is 22.8 Å². The van der Waals surface area contributed by atoms with Gasteiger partial charge in [0, 0.05) is 10.6 Å². The molecule has 0 aliphatic heterocycles. The van der Waals surface area contributed by atoms with Crippen molar-refractivity contribution in [3.05, 3.63) is 34.3 Å². The van der Waals surface area contributed by atoms with E-state index < -0.39 is 18.0 Å². The number of carbonyl (C=O) groups is 2. The van der Waals surface area contributed by atoms with Gasteiger partial charge in [-0.25, -0.2) is 0 Å². The summed E-state index contributed by atoms with van der Waals surface area (Å²) in [4.78, 5) is 22.4. The highest BCUT2D eigenvalue weighted by Crippen LogP contribution is 2.24. The van der Waals surface area contributed by atoms with E-state index in [0.29, 0.717) is 10.6 Å². The zero-order valence-corrected chi connectivity index (χ0v) is 10.9. The topological polar surface area (TPSA) is 46.2 Å². The average Bonchev–Trinajstić information content (AvgIpc) is 2.27. The molecule has 7 heteroatoms. The lowest BCUT2D eigenvalue weighted by atomic mass is 9.97. The normalized spacial score (nSPS) is 11.5. The van der Waals surface area contributed by atoms with Crippen molar-refractivity contribution in [2.45, 2.75) is 25.9 Å². The number of halogens is 4. The molecule has 0 bridgehead atoms. The summed E-state index contributed by atoms with van der Waals surface area (Å²) in [7, 11) is 0.